The van der Waals surface area contributed by atoms with Crippen LogP contribution in [0.4, 0.5) is 4.79 Å². The summed E-state index contributed by atoms with van der Waals surface area (Å²) < 4.78 is 27.5. The zero-order valence-electron chi connectivity index (χ0n) is 23.3. The lowest BCUT2D eigenvalue weighted by Gasteiger charge is -2.42. The Kier molecular flexibility index (Phi) is 7.90. The van der Waals surface area contributed by atoms with Gasteiger partial charge in [0.25, 0.3) is 0 Å². The SMILES string of the molecule is CCOC(=O)c1cnc(Oc2ccc(C(C)(C)c3ccc(OC4(NC(=O)OC(C)(C)C)CCC4)cc3)cc2)o1. The van der Waals surface area contributed by atoms with Gasteiger partial charge >= 0.3 is 18.1 Å². The summed E-state index contributed by atoms with van der Waals surface area (Å²) in [5, 5.41) is 2.91. The van der Waals surface area contributed by atoms with E-state index < -0.39 is 23.4 Å². The number of ether oxygens (including phenoxy) is 4. The van der Waals surface area contributed by atoms with Crippen LogP contribution >= 0.6 is 0 Å². The molecule has 9 heteroatoms. The number of oxazole rings is 1. The summed E-state index contributed by atoms with van der Waals surface area (Å²) in [6.45, 7) is 11.7. The van der Waals surface area contributed by atoms with Crippen LogP contribution in [0, 0.1) is 0 Å². The fourth-order valence-corrected chi connectivity index (χ4v) is 4.21. The molecule has 0 saturated heterocycles. The molecule has 39 heavy (non-hydrogen) atoms. The molecule has 0 unspecified atom stereocenters. The molecule has 0 bridgehead atoms. The summed E-state index contributed by atoms with van der Waals surface area (Å²) in [6, 6.07) is 15.5. The van der Waals surface area contributed by atoms with E-state index in [4.69, 9.17) is 23.4 Å². The van der Waals surface area contributed by atoms with Gasteiger partial charge in [0, 0.05) is 18.3 Å². The molecule has 1 heterocycles. The molecule has 1 aromatic heterocycles. The number of carbonyl (C=O) groups is 2. The van der Waals surface area contributed by atoms with Crippen LogP contribution in [-0.2, 0) is 14.9 Å². The number of benzene rings is 2. The first-order valence-electron chi connectivity index (χ1n) is 13.1. The van der Waals surface area contributed by atoms with Crippen molar-refractivity contribution in [2.75, 3.05) is 6.61 Å². The number of nitrogens with one attached hydrogen (secondary N) is 1. The Bertz CT molecular complexity index is 1280. The molecule has 4 rings (SSSR count). The molecule has 1 aliphatic carbocycles. The lowest BCUT2D eigenvalue weighted by atomic mass is 9.78. The van der Waals surface area contributed by atoms with Crippen molar-refractivity contribution >= 4 is 12.1 Å². The summed E-state index contributed by atoms with van der Waals surface area (Å²) in [5.41, 5.74) is 0.550. The largest absolute Gasteiger partial charge is 0.468 e. The first kappa shape index (κ1) is 28.0. The van der Waals surface area contributed by atoms with Crippen LogP contribution < -0.4 is 14.8 Å². The van der Waals surface area contributed by atoms with E-state index in [0.717, 1.165) is 30.4 Å². The maximum Gasteiger partial charge on any atom is 0.410 e. The van der Waals surface area contributed by atoms with Crippen LogP contribution in [0.15, 0.2) is 59.1 Å². The molecule has 2 aromatic carbocycles. The van der Waals surface area contributed by atoms with Crippen molar-refractivity contribution in [2.45, 2.75) is 77.5 Å². The molecule has 1 aliphatic rings. The van der Waals surface area contributed by atoms with Gasteiger partial charge in [0.15, 0.2) is 5.72 Å². The molecule has 0 aliphatic heterocycles. The molecule has 1 N–H and O–H groups in total. The standard InChI is InChI=1S/C30H36N2O7/c1-7-35-25(33)24-19-31-27(37-24)36-22-13-9-20(10-14-22)29(5,6)21-11-15-23(16-12-21)38-30(17-8-18-30)32-26(34)39-28(2,3)4/h9-16,19H,7-8,17-18H2,1-6H3,(H,32,34). The van der Waals surface area contributed by atoms with Gasteiger partial charge in [-0.05, 0) is 69.5 Å². The van der Waals surface area contributed by atoms with Crippen LogP contribution in [0.25, 0.3) is 0 Å². The molecule has 0 radical (unpaired) electrons. The Hall–Kier alpha value is -4.01. The van der Waals surface area contributed by atoms with E-state index in [1.807, 2.05) is 69.3 Å². The summed E-state index contributed by atoms with van der Waals surface area (Å²) >= 11 is 0. The minimum atomic E-state index is -0.741. The van der Waals surface area contributed by atoms with Gasteiger partial charge in [0.1, 0.15) is 17.1 Å². The Morgan fingerprint density at radius 2 is 1.54 bits per heavy atom. The Balaban J connectivity index is 1.39. The van der Waals surface area contributed by atoms with E-state index in [-0.39, 0.29) is 23.9 Å². The van der Waals surface area contributed by atoms with Crippen LogP contribution in [0.2, 0.25) is 0 Å². The van der Waals surface area contributed by atoms with E-state index in [1.54, 1.807) is 6.92 Å². The van der Waals surface area contributed by atoms with Crippen LogP contribution in [0.3, 0.4) is 0 Å². The normalized spacial score (nSPS) is 14.6. The van der Waals surface area contributed by atoms with Crippen LogP contribution in [0.1, 0.15) is 82.5 Å². The average Bonchev–Trinajstić information content (AvgIpc) is 3.31. The Labute approximate surface area is 228 Å². The van der Waals surface area contributed by atoms with Crippen molar-refractivity contribution in [2.24, 2.45) is 0 Å². The fraction of sp³-hybridized carbons (Fsp3) is 0.433. The Morgan fingerprint density at radius 1 is 0.949 bits per heavy atom. The number of hydrogen-bond donors (Lipinski definition) is 1. The second-order valence-corrected chi connectivity index (χ2v) is 11.1. The zero-order valence-corrected chi connectivity index (χ0v) is 23.3. The number of alkyl carbamates (subject to hydrolysis) is 1. The minimum Gasteiger partial charge on any atom is -0.468 e. The highest BCUT2D eigenvalue weighted by molar-refractivity contribution is 5.85. The number of esters is 1. The molecule has 0 spiro atoms. The first-order valence-corrected chi connectivity index (χ1v) is 13.1. The van der Waals surface area contributed by atoms with Gasteiger partial charge in [0.05, 0.1) is 12.8 Å². The maximum absolute atomic E-state index is 12.3. The summed E-state index contributed by atoms with van der Waals surface area (Å²) in [7, 11) is 0. The third-order valence-corrected chi connectivity index (χ3v) is 6.52. The molecule has 1 fully saturated rings. The molecular weight excluding hydrogens is 500 g/mol. The highest BCUT2D eigenvalue weighted by atomic mass is 16.6. The molecule has 208 valence electrons. The van der Waals surface area contributed by atoms with E-state index in [1.165, 1.54) is 6.20 Å². The van der Waals surface area contributed by atoms with Crippen molar-refractivity contribution in [3.8, 4) is 17.6 Å². The summed E-state index contributed by atoms with van der Waals surface area (Å²) in [5.74, 6) is 0.609. The van der Waals surface area contributed by atoms with Crippen molar-refractivity contribution < 1.29 is 33.0 Å². The van der Waals surface area contributed by atoms with Gasteiger partial charge in [-0.25, -0.2) is 9.59 Å². The number of amides is 1. The maximum atomic E-state index is 12.3. The van der Waals surface area contributed by atoms with Crippen molar-refractivity contribution in [1.82, 2.24) is 10.3 Å². The van der Waals surface area contributed by atoms with Gasteiger partial charge in [0.2, 0.25) is 5.76 Å². The summed E-state index contributed by atoms with van der Waals surface area (Å²) in [6.07, 6.45) is 3.19. The highest BCUT2D eigenvalue weighted by Crippen LogP contribution is 2.37. The smallest absolute Gasteiger partial charge is 0.410 e. The number of aromatic nitrogens is 1. The van der Waals surface area contributed by atoms with E-state index >= 15 is 0 Å². The lowest BCUT2D eigenvalue weighted by molar-refractivity contribution is -0.0458. The van der Waals surface area contributed by atoms with Crippen LogP contribution in [-0.4, -0.2) is 35.0 Å². The number of carbonyl (C=O) groups excluding carboxylic acids is 2. The van der Waals surface area contributed by atoms with Crippen molar-refractivity contribution in [3.63, 3.8) is 0 Å². The zero-order chi connectivity index (χ0) is 28.3. The molecule has 3 aromatic rings. The van der Waals surface area contributed by atoms with Gasteiger partial charge < -0.3 is 23.4 Å². The molecule has 0 atom stereocenters. The monoisotopic (exact) mass is 536 g/mol. The quantitative estimate of drug-likeness (QED) is 0.236. The molecule has 1 amide bonds. The molecular formula is C30H36N2O7. The minimum absolute atomic E-state index is 0.0131. The number of rotatable bonds is 9. The molecule has 1 saturated carbocycles. The fourth-order valence-electron chi connectivity index (χ4n) is 4.21. The van der Waals surface area contributed by atoms with Crippen molar-refractivity contribution in [3.05, 3.63) is 71.6 Å². The first-order chi connectivity index (χ1) is 18.4. The third-order valence-electron chi connectivity index (χ3n) is 6.52. The number of nitrogens with zero attached hydrogens (tertiary/aromatic N) is 1. The van der Waals surface area contributed by atoms with Crippen molar-refractivity contribution in [1.29, 1.82) is 0 Å². The number of hydrogen-bond acceptors (Lipinski definition) is 8. The van der Waals surface area contributed by atoms with E-state index in [9.17, 15) is 9.59 Å². The van der Waals surface area contributed by atoms with Crippen LogP contribution in [0.5, 0.6) is 17.6 Å². The lowest BCUT2D eigenvalue weighted by Crippen LogP contribution is -2.58. The second-order valence-electron chi connectivity index (χ2n) is 11.1. The topological polar surface area (TPSA) is 109 Å². The highest BCUT2D eigenvalue weighted by Gasteiger charge is 2.42. The van der Waals surface area contributed by atoms with E-state index in [2.05, 4.69) is 24.1 Å². The predicted molar refractivity (Wildman–Crippen MR) is 144 cm³/mol. The average molecular weight is 537 g/mol. The second kappa shape index (κ2) is 11.0. The van der Waals surface area contributed by atoms with Gasteiger partial charge in [-0.1, -0.05) is 38.1 Å². The van der Waals surface area contributed by atoms with Gasteiger partial charge in [-0.2, -0.15) is 4.98 Å². The van der Waals surface area contributed by atoms with Gasteiger partial charge in [-0.15, -0.1) is 0 Å². The third kappa shape index (κ3) is 6.90. The molecule has 9 nitrogen and oxygen atoms in total. The van der Waals surface area contributed by atoms with E-state index in [0.29, 0.717) is 11.5 Å². The van der Waals surface area contributed by atoms with Gasteiger partial charge in [-0.3, -0.25) is 5.32 Å². The Morgan fingerprint density at radius 3 is 2.05 bits per heavy atom. The predicted octanol–water partition coefficient (Wildman–Crippen LogP) is 6.75. The summed E-state index contributed by atoms with van der Waals surface area (Å²) in [4.78, 5) is 28.1.